The quantitative estimate of drug-likeness (QED) is 0.196. The monoisotopic (exact) mass is 461 g/mol. The summed E-state index contributed by atoms with van der Waals surface area (Å²) < 4.78 is 0. The molecule has 7 heteroatoms. The summed E-state index contributed by atoms with van der Waals surface area (Å²) in [6.07, 6.45) is 2.47. The van der Waals surface area contributed by atoms with Crippen molar-refractivity contribution in [2.45, 2.75) is 12.5 Å². The fourth-order valence-electron chi connectivity index (χ4n) is 4.04. The van der Waals surface area contributed by atoms with E-state index >= 15 is 0 Å². The van der Waals surface area contributed by atoms with Crippen LogP contribution < -0.4 is 10.4 Å². The number of para-hydroxylation sites is 1. The second kappa shape index (κ2) is 10.0. The molecule has 1 atom stereocenters. The van der Waals surface area contributed by atoms with Crippen molar-refractivity contribution in [3.8, 4) is 0 Å². The Morgan fingerprint density at radius 1 is 0.886 bits per heavy atom. The number of non-ortho nitro benzene ring substituents is 1. The Morgan fingerprint density at radius 2 is 1.54 bits per heavy atom. The van der Waals surface area contributed by atoms with Gasteiger partial charge in [-0.1, -0.05) is 72.8 Å². The minimum atomic E-state index is -0.380. The highest BCUT2D eigenvalue weighted by atomic mass is 16.6. The van der Waals surface area contributed by atoms with Gasteiger partial charge < -0.3 is 0 Å². The summed E-state index contributed by atoms with van der Waals surface area (Å²) in [5.41, 5.74) is 8.93. The lowest BCUT2D eigenvalue weighted by Crippen LogP contribution is -2.18. The van der Waals surface area contributed by atoms with E-state index in [9.17, 15) is 10.1 Å². The van der Waals surface area contributed by atoms with Crippen LogP contribution in [0.1, 0.15) is 29.2 Å². The molecule has 1 heterocycles. The molecule has 172 valence electrons. The van der Waals surface area contributed by atoms with Crippen LogP contribution in [0.2, 0.25) is 0 Å². The molecule has 0 amide bonds. The van der Waals surface area contributed by atoms with Crippen LogP contribution in [-0.2, 0) is 0 Å². The van der Waals surface area contributed by atoms with Crippen molar-refractivity contribution in [1.82, 2.24) is 0 Å². The number of anilines is 2. The van der Waals surface area contributed by atoms with Gasteiger partial charge in [-0.2, -0.15) is 10.2 Å². The van der Waals surface area contributed by atoms with Crippen LogP contribution in [0.15, 0.2) is 119 Å². The van der Waals surface area contributed by atoms with Crippen molar-refractivity contribution in [3.05, 3.63) is 136 Å². The number of nitro benzene ring substituents is 1. The Kier molecular flexibility index (Phi) is 6.30. The molecular formula is C28H23N5O2. The first kappa shape index (κ1) is 22.0. The molecule has 5 rings (SSSR count). The van der Waals surface area contributed by atoms with Gasteiger partial charge in [-0.05, 0) is 41.0 Å². The summed E-state index contributed by atoms with van der Waals surface area (Å²) in [4.78, 5) is 10.7. The van der Waals surface area contributed by atoms with Crippen LogP contribution in [0.3, 0.4) is 0 Å². The minimum Gasteiger partial charge on any atom is -0.279 e. The van der Waals surface area contributed by atoms with Gasteiger partial charge in [0.05, 0.1) is 34.3 Å². The third-order valence-corrected chi connectivity index (χ3v) is 5.84. The molecule has 1 N–H and O–H groups in total. The maximum absolute atomic E-state index is 11.1. The van der Waals surface area contributed by atoms with E-state index in [2.05, 4.69) is 22.7 Å². The molecule has 0 aromatic heterocycles. The molecule has 1 unspecified atom stereocenters. The van der Waals surface area contributed by atoms with E-state index in [0.29, 0.717) is 6.42 Å². The maximum atomic E-state index is 11.1. The lowest BCUT2D eigenvalue weighted by Gasteiger charge is -2.24. The normalized spacial score (nSPS) is 15.3. The van der Waals surface area contributed by atoms with Gasteiger partial charge in [0.25, 0.3) is 5.69 Å². The molecule has 0 radical (unpaired) electrons. The molecule has 0 aliphatic carbocycles. The molecule has 1 aliphatic rings. The number of hydrazone groups is 2. The molecule has 0 saturated heterocycles. The first-order valence-electron chi connectivity index (χ1n) is 11.3. The van der Waals surface area contributed by atoms with Gasteiger partial charge in [0.15, 0.2) is 0 Å². The van der Waals surface area contributed by atoms with Crippen LogP contribution in [0, 0.1) is 10.1 Å². The standard InChI is InChI=1S/C28H23N5O2/c34-33(35)26-17-13-23(14-18-26)28-19-27(22-7-3-1-4-8-22)31-32(28)25-15-11-21(12-16-25)20-29-30-24-9-5-2-6-10-24/h1-18,20,28,30H,19H2. The summed E-state index contributed by atoms with van der Waals surface area (Å²) in [7, 11) is 0. The lowest BCUT2D eigenvalue weighted by molar-refractivity contribution is -0.384. The predicted molar refractivity (Wildman–Crippen MR) is 140 cm³/mol. The molecule has 0 bridgehead atoms. The van der Waals surface area contributed by atoms with Crippen LogP contribution in [0.25, 0.3) is 0 Å². The fraction of sp³-hybridized carbons (Fsp3) is 0.0714. The zero-order chi connectivity index (χ0) is 24.0. The van der Waals surface area contributed by atoms with E-state index in [4.69, 9.17) is 5.10 Å². The summed E-state index contributed by atoms with van der Waals surface area (Å²) in [6, 6.07) is 34.5. The van der Waals surface area contributed by atoms with Gasteiger partial charge in [0.2, 0.25) is 0 Å². The zero-order valence-electron chi connectivity index (χ0n) is 18.9. The SMILES string of the molecule is O=[N+]([O-])c1ccc(C2CC(c3ccccc3)=NN2c2ccc(C=NNc3ccccc3)cc2)cc1. The van der Waals surface area contributed by atoms with E-state index in [-0.39, 0.29) is 16.7 Å². The summed E-state index contributed by atoms with van der Waals surface area (Å²) in [6.45, 7) is 0. The van der Waals surface area contributed by atoms with E-state index in [1.165, 1.54) is 0 Å². The van der Waals surface area contributed by atoms with E-state index < -0.39 is 0 Å². The summed E-state index contributed by atoms with van der Waals surface area (Å²) in [5, 5.41) is 22.3. The molecule has 1 aliphatic heterocycles. The van der Waals surface area contributed by atoms with Crippen LogP contribution >= 0.6 is 0 Å². The van der Waals surface area contributed by atoms with Crippen LogP contribution in [0.5, 0.6) is 0 Å². The van der Waals surface area contributed by atoms with Gasteiger partial charge in [0.1, 0.15) is 0 Å². The number of hydrogen-bond acceptors (Lipinski definition) is 6. The van der Waals surface area contributed by atoms with Gasteiger partial charge in [-0.15, -0.1) is 0 Å². The van der Waals surface area contributed by atoms with Gasteiger partial charge in [-0.3, -0.25) is 20.5 Å². The number of nitro groups is 1. The van der Waals surface area contributed by atoms with Crippen molar-refractivity contribution in [1.29, 1.82) is 0 Å². The summed E-state index contributed by atoms with van der Waals surface area (Å²) in [5.74, 6) is 0. The lowest BCUT2D eigenvalue weighted by atomic mass is 9.98. The van der Waals surface area contributed by atoms with Crippen molar-refractivity contribution >= 4 is 29.0 Å². The molecule has 0 spiro atoms. The van der Waals surface area contributed by atoms with Crippen molar-refractivity contribution in [2.75, 3.05) is 10.4 Å². The average molecular weight is 462 g/mol. The number of benzene rings is 4. The number of hydrogen-bond donors (Lipinski definition) is 1. The first-order valence-corrected chi connectivity index (χ1v) is 11.3. The van der Waals surface area contributed by atoms with Crippen molar-refractivity contribution in [3.63, 3.8) is 0 Å². The molecular weight excluding hydrogens is 438 g/mol. The summed E-state index contributed by atoms with van der Waals surface area (Å²) >= 11 is 0. The van der Waals surface area contributed by atoms with Crippen LogP contribution in [-0.4, -0.2) is 16.8 Å². The van der Waals surface area contributed by atoms with Crippen LogP contribution in [0.4, 0.5) is 17.1 Å². The van der Waals surface area contributed by atoms with Crippen molar-refractivity contribution in [2.24, 2.45) is 10.2 Å². The molecule has 0 fully saturated rings. The highest BCUT2D eigenvalue weighted by molar-refractivity contribution is 6.03. The zero-order valence-corrected chi connectivity index (χ0v) is 18.9. The van der Waals surface area contributed by atoms with Gasteiger partial charge >= 0.3 is 0 Å². The Balaban J connectivity index is 1.40. The Bertz CT molecular complexity index is 1350. The van der Waals surface area contributed by atoms with Gasteiger partial charge in [0, 0.05) is 18.6 Å². The number of rotatable bonds is 7. The van der Waals surface area contributed by atoms with E-state index in [0.717, 1.165) is 33.8 Å². The molecule has 4 aromatic carbocycles. The largest absolute Gasteiger partial charge is 0.279 e. The number of nitrogens with one attached hydrogen (secondary N) is 1. The maximum Gasteiger partial charge on any atom is 0.269 e. The Hall–Kier alpha value is -4.78. The highest BCUT2D eigenvalue weighted by Gasteiger charge is 2.30. The Morgan fingerprint density at radius 3 is 2.20 bits per heavy atom. The third-order valence-electron chi connectivity index (χ3n) is 5.84. The fourth-order valence-corrected chi connectivity index (χ4v) is 4.04. The third kappa shape index (κ3) is 5.09. The second-order valence-electron chi connectivity index (χ2n) is 8.15. The minimum absolute atomic E-state index is 0.0646. The number of nitrogens with zero attached hydrogens (tertiary/aromatic N) is 4. The highest BCUT2D eigenvalue weighted by Crippen LogP contribution is 2.37. The predicted octanol–water partition coefficient (Wildman–Crippen LogP) is 6.40. The molecule has 35 heavy (non-hydrogen) atoms. The van der Waals surface area contributed by atoms with Gasteiger partial charge in [-0.25, -0.2) is 0 Å². The molecule has 0 saturated carbocycles. The van der Waals surface area contributed by atoms with Crippen molar-refractivity contribution < 1.29 is 4.92 Å². The van der Waals surface area contributed by atoms with E-state index in [1.807, 2.05) is 89.9 Å². The first-order chi connectivity index (χ1) is 17.2. The molecule has 7 nitrogen and oxygen atoms in total. The molecule has 4 aromatic rings. The average Bonchev–Trinajstić information content (AvgIpc) is 3.36. The Labute approximate surface area is 203 Å². The van der Waals surface area contributed by atoms with E-state index in [1.54, 1.807) is 18.3 Å². The topological polar surface area (TPSA) is 83.1 Å². The smallest absolute Gasteiger partial charge is 0.269 e. The second-order valence-corrected chi connectivity index (χ2v) is 8.15.